The van der Waals surface area contributed by atoms with Crippen molar-refractivity contribution in [2.45, 2.75) is 70.0 Å². The molecule has 0 heterocycles. The first-order valence-corrected chi connectivity index (χ1v) is 15.8. The Bertz CT molecular complexity index is 1440. The fourth-order valence-corrected chi connectivity index (χ4v) is 6.74. The number of aryl methyl sites for hydroxylation is 2. The van der Waals surface area contributed by atoms with E-state index in [1.54, 1.807) is 31.2 Å². The summed E-state index contributed by atoms with van der Waals surface area (Å²) in [4.78, 5) is 29.0. The first kappa shape index (κ1) is 29.8. The van der Waals surface area contributed by atoms with Crippen LogP contribution in [-0.2, 0) is 26.2 Å². The van der Waals surface area contributed by atoms with Gasteiger partial charge < -0.3 is 10.2 Å². The standard InChI is InChI=1S/C31H36BrN3O4S/c1-22-13-14-23(2)29(19-22)35(40(38,39)28-11-5-4-6-12-28)21-30(36)34(20-25-15-17-26(32)18-16-25)24(3)31(37)33-27-9-7-8-10-27/h4-6,11-19,24,27H,7-10,20-21H2,1-3H3,(H,33,37). The average Bonchev–Trinajstić information content (AvgIpc) is 3.45. The fourth-order valence-electron chi connectivity index (χ4n) is 4.98. The summed E-state index contributed by atoms with van der Waals surface area (Å²) in [6.45, 7) is 5.13. The van der Waals surface area contributed by atoms with Crippen LogP contribution in [0.25, 0.3) is 0 Å². The molecule has 2 amide bonds. The van der Waals surface area contributed by atoms with Crippen LogP contribution in [0.3, 0.4) is 0 Å². The lowest BCUT2D eigenvalue weighted by atomic mass is 10.1. The lowest BCUT2D eigenvalue weighted by Gasteiger charge is -2.33. The quantitative estimate of drug-likeness (QED) is 0.311. The van der Waals surface area contributed by atoms with Gasteiger partial charge in [-0.05, 0) is 80.6 Å². The Balaban J connectivity index is 1.70. The zero-order valence-electron chi connectivity index (χ0n) is 23.1. The summed E-state index contributed by atoms with van der Waals surface area (Å²) in [6.07, 6.45) is 4.00. The zero-order chi connectivity index (χ0) is 28.9. The highest BCUT2D eigenvalue weighted by molar-refractivity contribution is 9.10. The van der Waals surface area contributed by atoms with Gasteiger partial charge in [0.2, 0.25) is 11.8 Å². The number of sulfonamides is 1. The van der Waals surface area contributed by atoms with Crippen molar-refractivity contribution in [2.75, 3.05) is 10.8 Å². The SMILES string of the molecule is Cc1ccc(C)c(N(CC(=O)N(Cc2ccc(Br)cc2)C(C)C(=O)NC2CCCC2)S(=O)(=O)c2ccccc2)c1. The minimum absolute atomic E-state index is 0.0928. The number of carbonyl (C=O) groups excluding carboxylic acids is 2. The van der Waals surface area contributed by atoms with Crippen LogP contribution in [0.1, 0.15) is 49.3 Å². The van der Waals surface area contributed by atoms with E-state index < -0.39 is 28.5 Å². The minimum Gasteiger partial charge on any atom is -0.352 e. The van der Waals surface area contributed by atoms with Gasteiger partial charge in [-0.25, -0.2) is 8.42 Å². The Morgan fingerprint density at radius 3 is 2.27 bits per heavy atom. The molecule has 212 valence electrons. The van der Waals surface area contributed by atoms with Crippen LogP contribution in [0.5, 0.6) is 0 Å². The number of anilines is 1. The third kappa shape index (κ3) is 7.12. The lowest BCUT2D eigenvalue weighted by Crippen LogP contribution is -2.52. The molecular weight excluding hydrogens is 590 g/mol. The van der Waals surface area contributed by atoms with Gasteiger partial charge in [0.15, 0.2) is 0 Å². The highest BCUT2D eigenvalue weighted by atomic mass is 79.9. The van der Waals surface area contributed by atoms with Gasteiger partial charge in [-0.3, -0.25) is 13.9 Å². The van der Waals surface area contributed by atoms with E-state index in [4.69, 9.17) is 0 Å². The maximum absolute atomic E-state index is 14.1. The summed E-state index contributed by atoms with van der Waals surface area (Å²) >= 11 is 3.44. The zero-order valence-corrected chi connectivity index (χ0v) is 25.5. The molecule has 0 saturated heterocycles. The van der Waals surface area contributed by atoms with E-state index in [1.807, 2.05) is 50.2 Å². The molecule has 1 aliphatic rings. The van der Waals surface area contributed by atoms with Gasteiger partial charge in [0.25, 0.3) is 10.0 Å². The van der Waals surface area contributed by atoms with E-state index in [0.717, 1.165) is 46.8 Å². The molecule has 3 aromatic rings. The highest BCUT2D eigenvalue weighted by Gasteiger charge is 2.33. The normalized spacial score (nSPS) is 14.5. The van der Waals surface area contributed by atoms with Crippen LogP contribution >= 0.6 is 15.9 Å². The van der Waals surface area contributed by atoms with Gasteiger partial charge in [-0.2, -0.15) is 0 Å². The lowest BCUT2D eigenvalue weighted by molar-refractivity contribution is -0.139. The summed E-state index contributed by atoms with van der Waals surface area (Å²) < 4.78 is 30.0. The van der Waals surface area contributed by atoms with E-state index in [2.05, 4.69) is 21.2 Å². The summed E-state index contributed by atoms with van der Waals surface area (Å²) in [6, 6.07) is 20.5. The van der Waals surface area contributed by atoms with Gasteiger partial charge in [0.1, 0.15) is 12.6 Å². The van der Waals surface area contributed by atoms with E-state index in [9.17, 15) is 18.0 Å². The molecule has 1 saturated carbocycles. The molecule has 3 aromatic carbocycles. The van der Waals surface area contributed by atoms with Crippen molar-refractivity contribution in [2.24, 2.45) is 0 Å². The molecule has 1 aliphatic carbocycles. The molecule has 0 spiro atoms. The fraction of sp³-hybridized carbons (Fsp3) is 0.355. The van der Waals surface area contributed by atoms with Crippen molar-refractivity contribution >= 4 is 43.5 Å². The van der Waals surface area contributed by atoms with Crippen LogP contribution in [-0.4, -0.2) is 43.8 Å². The number of hydrogen-bond acceptors (Lipinski definition) is 4. The smallest absolute Gasteiger partial charge is 0.264 e. The maximum Gasteiger partial charge on any atom is 0.264 e. The molecule has 0 aliphatic heterocycles. The van der Waals surface area contributed by atoms with Crippen molar-refractivity contribution in [1.82, 2.24) is 10.2 Å². The molecule has 0 aromatic heterocycles. The van der Waals surface area contributed by atoms with Crippen molar-refractivity contribution in [3.8, 4) is 0 Å². The molecule has 0 bridgehead atoms. The number of carbonyl (C=O) groups is 2. The second kappa shape index (κ2) is 13.0. The molecule has 9 heteroatoms. The van der Waals surface area contributed by atoms with Gasteiger partial charge >= 0.3 is 0 Å². The maximum atomic E-state index is 14.1. The molecule has 1 atom stereocenters. The molecule has 1 N–H and O–H groups in total. The van der Waals surface area contributed by atoms with Crippen molar-refractivity contribution < 1.29 is 18.0 Å². The molecule has 4 rings (SSSR count). The van der Waals surface area contributed by atoms with Crippen molar-refractivity contribution in [3.63, 3.8) is 0 Å². The number of benzene rings is 3. The molecule has 0 radical (unpaired) electrons. The first-order chi connectivity index (χ1) is 19.1. The molecular formula is C31H36BrN3O4S. The Morgan fingerprint density at radius 1 is 0.975 bits per heavy atom. The third-order valence-electron chi connectivity index (χ3n) is 7.38. The summed E-state index contributed by atoms with van der Waals surface area (Å²) in [5.74, 6) is -0.695. The second-order valence-corrected chi connectivity index (χ2v) is 13.2. The van der Waals surface area contributed by atoms with E-state index in [1.165, 1.54) is 21.3 Å². The average molecular weight is 627 g/mol. The number of nitrogens with zero attached hydrogens (tertiary/aromatic N) is 2. The number of halogens is 1. The molecule has 7 nitrogen and oxygen atoms in total. The molecule has 1 fully saturated rings. The number of nitrogens with one attached hydrogen (secondary N) is 1. The van der Waals surface area contributed by atoms with E-state index >= 15 is 0 Å². The Hall–Kier alpha value is -3.17. The molecule has 40 heavy (non-hydrogen) atoms. The summed E-state index contributed by atoms with van der Waals surface area (Å²) in [7, 11) is -4.09. The predicted molar refractivity (Wildman–Crippen MR) is 161 cm³/mol. The predicted octanol–water partition coefficient (Wildman–Crippen LogP) is 5.74. The number of rotatable bonds is 10. The Labute approximate surface area is 245 Å². The second-order valence-electron chi connectivity index (χ2n) is 10.4. The Morgan fingerprint density at radius 2 is 1.62 bits per heavy atom. The summed E-state index contributed by atoms with van der Waals surface area (Å²) in [5.41, 5.74) is 2.87. The van der Waals surface area contributed by atoms with Gasteiger partial charge in [-0.1, -0.05) is 71.2 Å². The third-order valence-corrected chi connectivity index (χ3v) is 9.68. The highest BCUT2D eigenvalue weighted by Crippen LogP contribution is 2.28. The van der Waals surface area contributed by atoms with Crippen molar-refractivity contribution in [3.05, 3.63) is 94.0 Å². The van der Waals surface area contributed by atoms with E-state index in [0.29, 0.717) is 5.69 Å². The van der Waals surface area contributed by atoms with Gasteiger partial charge in [-0.15, -0.1) is 0 Å². The van der Waals surface area contributed by atoms with Crippen LogP contribution < -0.4 is 9.62 Å². The van der Waals surface area contributed by atoms with Crippen molar-refractivity contribution in [1.29, 1.82) is 0 Å². The number of hydrogen-bond donors (Lipinski definition) is 1. The minimum atomic E-state index is -4.09. The van der Waals surface area contributed by atoms with Crippen LogP contribution in [0.15, 0.2) is 82.2 Å². The first-order valence-electron chi connectivity index (χ1n) is 13.6. The van der Waals surface area contributed by atoms with Gasteiger partial charge in [0, 0.05) is 17.1 Å². The summed E-state index contributed by atoms with van der Waals surface area (Å²) in [5, 5.41) is 3.09. The number of amides is 2. The van der Waals surface area contributed by atoms with Gasteiger partial charge in [0.05, 0.1) is 10.6 Å². The van der Waals surface area contributed by atoms with Crippen LogP contribution in [0.2, 0.25) is 0 Å². The Kier molecular flexibility index (Phi) is 9.68. The van der Waals surface area contributed by atoms with E-state index in [-0.39, 0.29) is 23.4 Å². The largest absolute Gasteiger partial charge is 0.352 e. The monoisotopic (exact) mass is 625 g/mol. The topological polar surface area (TPSA) is 86.8 Å². The van der Waals surface area contributed by atoms with Crippen LogP contribution in [0.4, 0.5) is 5.69 Å². The van der Waals surface area contributed by atoms with Crippen LogP contribution in [0, 0.1) is 13.8 Å². The molecule has 1 unspecified atom stereocenters.